The van der Waals surface area contributed by atoms with Crippen LogP contribution in [0.15, 0.2) is 97.6 Å². The van der Waals surface area contributed by atoms with Gasteiger partial charge in [0.15, 0.2) is 0 Å². The zero-order valence-electron chi connectivity index (χ0n) is 19.4. The Bertz CT molecular complexity index is 1410. The van der Waals surface area contributed by atoms with Crippen molar-refractivity contribution in [2.24, 2.45) is 0 Å². The molecule has 2 aromatic carbocycles. The molecule has 0 fully saturated rings. The number of hydrogen-bond acceptors (Lipinski definition) is 12. The van der Waals surface area contributed by atoms with Crippen LogP contribution in [-0.4, -0.2) is 19.9 Å². The smallest absolute Gasteiger partial charge is 0.254 e. The maximum absolute atomic E-state index is 8.49. The van der Waals surface area contributed by atoms with E-state index in [9.17, 15) is 0 Å². The largest absolute Gasteiger partial charge is 2.00 e. The van der Waals surface area contributed by atoms with Crippen LogP contribution in [0.5, 0.6) is 0 Å². The molecule has 0 unspecified atom stereocenters. The first-order valence-electron chi connectivity index (χ1n) is 10.3. The van der Waals surface area contributed by atoms with Gasteiger partial charge in [-0.3, -0.25) is 19.9 Å². The Morgan fingerprint density at radius 3 is 0.718 bits per heavy atom. The number of hydrogen-bond donors (Lipinski definition) is 0. The molecule has 15 heteroatoms. The van der Waals surface area contributed by atoms with Crippen molar-refractivity contribution in [3.05, 3.63) is 97.6 Å². The summed E-state index contributed by atoms with van der Waals surface area (Å²) in [6.45, 7) is 0. The van der Waals surface area contributed by atoms with Crippen LogP contribution in [0.2, 0.25) is 0 Å². The van der Waals surface area contributed by atoms with Crippen molar-refractivity contribution in [3.8, 4) is 0 Å². The summed E-state index contributed by atoms with van der Waals surface area (Å²) < 4.78 is 67.9. The molecule has 0 bridgehead atoms. The van der Waals surface area contributed by atoms with Gasteiger partial charge in [0.1, 0.15) is 0 Å². The average molecular weight is 750 g/mol. The van der Waals surface area contributed by atoms with Crippen LogP contribution >= 0.6 is 0 Å². The van der Waals surface area contributed by atoms with Crippen LogP contribution in [0, 0.1) is 20.5 Å². The molecule has 4 aromatic heterocycles. The fourth-order valence-corrected chi connectivity index (χ4v) is 3.36. The molecule has 0 amide bonds. The first-order chi connectivity index (χ1) is 17.9. The summed E-state index contributed by atoms with van der Waals surface area (Å²) >= 11 is 0. The molecule has 0 aliphatic carbocycles. The van der Waals surface area contributed by atoms with Gasteiger partial charge < -0.3 is 0 Å². The Hall–Kier alpha value is -3.02. The van der Waals surface area contributed by atoms with Crippen molar-refractivity contribution in [2.45, 2.75) is 0 Å². The molecule has 4 heterocycles. The van der Waals surface area contributed by atoms with Crippen LogP contribution in [-0.2, 0) is 19.8 Å². The van der Waals surface area contributed by atoms with E-state index in [0.717, 1.165) is 43.6 Å². The number of fused-ring (bicyclic) bond motifs is 6. The molecule has 0 spiro atoms. The van der Waals surface area contributed by atoms with Gasteiger partial charge in [-0.2, -0.15) is 0 Å². The second-order valence-electron chi connectivity index (χ2n) is 7.19. The third-order valence-corrected chi connectivity index (χ3v) is 4.69. The van der Waals surface area contributed by atoms with Crippen molar-refractivity contribution in [1.29, 1.82) is 0 Å². The van der Waals surface area contributed by atoms with Gasteiger partial charge >= 0.3 is 19.8 Å². The minimum atomic E-state index is -4.94. The molecule has 0 N–H and O–H groups in total. The third-order valence-electron chi connectivity index (χ3n) is 4.69. The first-order valence-corrected chi connectivity index (χ1v) is 12.8. The van der Waals surface area contributed by atoms with Crippen molar-refractivity contribution in [1.82, 2.24) is 19.9 Å². The van der Waals surface area contributed by atoms with Gasteiger partial charge in [-0.15, -0.1) is 20.5 Å². The molecular formula is C24H16Cl2N4O8Os. The van der Waals surface area contributed by atoms with Crippen molar-refractivity contribution < 1.29 is 77.5 Å². The quantitative estimate of drug-likeness (QED) is 0.135. The molecule has 39 heavy (non-hydrogen) atoms. The summed E-state index contributed by atoms with van der Waals surface area (Å²) in [4.78, 5) is 17.4. The summed E-state index contributed by atoms with van der Waals surface area (Å²) in [5.41, 5.74) is 3.91. The van der Waals surface area contributed by atoms with E-state index in [0.29, 0.717) is 0 Å². The topological polar surface area (TPSA) is 236 Å². The average Bonchev–Trinajstić information content (AvgIpc) is 2.87. The van der Waals surface area contributed by atoms with Gasteiger partial charge in [-0.25, -0.2) is 37.3 Å². The molecule has 0 radical (unpaired) electrons. The molecular weight excluding hydrogens is 733 g/mol. The molecule has 6 aromatic rings. The number of aromatic nitrogens is 4. The predicted molar refractivity (Wildman–Crippen MR) is 114 cm³/mol. The van der Waals surface area contributed by atoms with Crippen LogP contribution in [0.3, 0.4) is 0 Å². The van der Waals surface area contributed by atoms with E-state index in [2.05, 4.69) is 68.5 Å². The summed E-state index contributed by atoms with van der Waals surface area (Å²) in [6.07, 6.45) is 7.21. The number of rotatable bonds is 0. The normalized spacial score (nSPS) is 10.9. The SMILES string of the molecule is [O-][Cl+3]([O-])([O-])[O-].[O-][Cl+3]([O-])([O-])[O-].[Os+2].c1cnc2c(c1)ccc1cccnc12.c1cnc2c(c1)ccc1cccnc12. The number of pyridine rings is 4. The predicted octanol–water partition coefficient (Wildman–Crippen LogP) is -3.95. The van der Waals surface area contributed by atoms with Gasteiger partial charge in [-0.05, 0) is 24.3 Å². The van der Waals surface area contributed by atoms with Crippen molar-refractivity contribution in [2.75, 3.05) is 0 Å². The summed E-state index contributed by atoms with van der Waals surface area (Å²) in [5.74, 6) is 0. The molecule has 0 aliphatic heterocycles. The van der Waals surface area contributed by atoms with E-state index >= 15 is 0 Å². The summed E-state index contributed by atoms with van der Waals surface area (Å²) in [7, 11) is -9.89. The molecule has 0 saturated carbocycles. The first kappa shape index (κ1) is 32.2. The summed E-state index contributed by atoms with van der Waals surface area (Å²) in [6, 6.07) is 24.3. The van der Waals surface area contributed by atoms with E-state index in [-0.39, 0.29) is 19.8 Å². The molecule has 0 aliphatic rings. The van der Waals surface area contributed by atoms with E-state index < -0.39 is 20.5 Å². The van der Waals surface area contributed by atoms with Crippen LogP contribution in [0.4, 0.5) is 0 Å². The molecule has 6 rings (SSSR count). The monoisotopic (exact) mass is 750 g/mol. The number of nitrogens with zero attached hydrogens (tertiary/aromatic N) is 4. The molecule has 12 nitrogen and oxygen atoms in total. The maximum Gasteiger partial charge on any atom is 2.00 e. The van der Waals surface area contributed by atoms with Gasteiger partial charge in [-0.1, -0.05) is 48.5 Å². The van der Waals surface area contributed by atoms with Crippen LogP contribution in [0.25, 0.3) is 43.6 Å². The fourth-order valence-electron chi connectivity index (χ4n) is 3.36. The Morgan fingerprint density at radius 2 is 0.538 bits per heavy atom. The van der Waals surface area contributed by atoms with E-state index in [1.807, 2.05) is 24.3 Å². The Kier molecular flexibility index (Phi) is 11.9. The number of halogens is 2. The molecule has 0 saturated heterocycles. The van der Waals surface area contributed by atoms with E-state index in [1.54, 1.807) is 24.8 Å². The van der Waals surface area contributed by atoms with Crippen molar-refractivity contribution >= 4 is 43.6 Å². The third kappa shape index (κ3) is 10.9. The fraction of sp³-hybridized carbons (Fsp3) is 0. The second kappa shape index (κ2) is 14.4. The minimum Gasteiger partial charge on any atom is -0.254 e. The Balaban J connectivity index is 0.000000202. The number of benzene rings is 2. The van der Waals surface area contributed by atoms with Crippen LogP contribution < -0.4 is 37.3 Å². The standard InChI is InChI=1S/2C12H8N2.2ClHO4.Os/c2*1-3-9-5-6-10-4-2-8-14-12(10)11(9)13-7-1;2*2-1(3,4)5;/h2*1-8H;2*(H,2,3,4,5);/q;;;;+2/p-2. The van der Waals surface area contributed by atoms with Gasteiger partial charge in [0.05, 0.1) is 22.1 Å². The van der Waals surface area contributed by atoms with Gasteiger partial charge in [0.25, 0.3) is 0 Å². The minimum absolute atomic E-state index is 0. The maximum atomic E-state index is 8.49. The summed E-state index contributed by atoms with van der Waals surface area (Å²) in [5, 5.41) is 4.55. The van der Waals surface area contributed by atoms with Gasteiger partial charge in [0.2, 0.25) is 0 Å². The van der Waals surface area contributed by atoms with E-state index in [1.165, 1.54) is 0 Å². The molecule has 202 valence electrons. The second-order valence-corrected chi connectivity index (χ2v) is 8.70. The van der Waals surface area contributed by atoms with E-state index in [4.69, 9.17) is 37.3 Å². The van der Waals surface area contributed by atoms with Crippen molar-refractivity contribution in [3.63, 3.8) is 0 Å². The zero-order valence-corrected chi connectivity index (χ0v) is 23.5. The van der Waals surface area contributed by atoms with Crippen LogP contribution in [0.1, 0.15) is 0 Å². The Labute approximate surface area is 238 Å². The zero-order chi connectivity index (χ0) is 27.8. The Morgan fingerprint density at radius 1 is 0.359 bits per heavy atom. The van der Waals surface area contributed by atoms with Gasteiger partial charge in [0, 0.05) is 46.3 Å². The molecule has 0 atom stereocenters.